The SMILES string of the molecule is CNCCCn1cc(S(=O)(=O)NCc2ccc(C)o2)cn1. The van der Waals surface area contributed by atoms with E-state index < -0.39 is 10.0 Å². The smallest absolute Gasteiger partial charge is 0.244 e. The van der Waals surface area contributed by atoms with Gasteiger partial charge in [0.25, 0.3) is 0 Å². The third-order valence-corrected chi connectivity index (χ3v) is 4.32. The highest BCUT2D eigenvalue weighted by Crippen LogP contribution is 2.10. The van der Waals surface area contributed by atoms with Crippen LogP contribution < -0.4 is 10.0 Å². The fraction of sp³-hybridized carbons (Fsp3) is 0.462. The number of nitrogens with zero attached hydrogens (tertiary/aromatic N) is 2. The van der Waals surface area contributed by atoms with Crippen molar-refractivity contribution in [2.45, 2.75) is 31.3 Å². The van der Waals surface area contributed by atoms with E-state index in [4.69, 9.17) is 4.42 Å². The molecular weight excluding hydrogens is 292 g/mol. The molecule has 0 amide bonds. The second-order valence-corrected chi connectivity index (χ2v) is 6.50. The Morgan fingerprint density at radius 3 is 2.86 bits per heavy atom. The van der Waals surface area contributed by atoms with Crippen LogP contribution in [0.15, 0.2) is 33.8 Å². The molecule has 0 radical (unpaired) electrons. The Labute approximate surface area is 124 Å². The number of nitrogens with one attached hydrogen (secondary N) is 2. The summed E-state index contributed by atoms with van der Waals surface area (Å²) in [5.74, 6) is 1.33. The number of sulfonamides is 1. The highest BCUT2D eigenvalue weighted by Gasteiger charge is 2.16. The molecule has 0 atom stereocenters. The van der Waals surface area contributed by atoms with Crippen molar-refractivity contribution >= 4 is 10.0 Å². The maximum absolute atomic E-state index is 12.1. The summed E-state index contributed by atoms with van der Waals surface area (Å²) in [6.07, 6.45) is 3.78. The Balaban J connectivity index is 1.95. The van der Waals surface area contributed by atoms with E-state index in [2.05, 4.69) is 15.1 Å². The monoisotopic (exact) mass is 312 g/mol. The van der Waals surface area contributed by atoms with Gasteiger partial charge in [-0.05, 0) is 39.1 Å². The molecule has 0 saturated heterocycles. The number of furan rings is 1. The van der Waals surface area contributed by atoms with Gasteiger partial charge in [0, 0.05) is 12.7 Å². The van der Waals surface area contributed by atoms with Gasteiger partial charge in [0.1, 0.15) is 16.4 Å². The molecular formula is C13H20N4O3S. The molecule has 0 saturated carbocycles. The van der Waals surface area contributed by atoms with Gasteiger partial charge in [-0.1, -0.05) is 0 Å². The minimum atomic E-state index is -3.57. The van der Waals surface area contributed by atoms with Gasteiger partial charge in [0.15, 0.2) is 0 Å². The maximum atomic E-state index is 12.1. The summed E-state index contributed by atoms with van der Waals surface area (Å²) in [7, 11) is -1.69. The van der Waals surface area contributed by atoms with E-state index in [0.29, 0.717) is 12.3 Å². The van der Waals surface area contributed by atoms with Gasteiger partial charge < -0.3 is 9.73 Å². The molecule has 8 heteroatoms. The van der Waals surface area contributed by atoms with Gasteiger partial charge in [-0.3, -0.25) is 4.68 Å². The Kier molecular flexibility index (Phi) is 5.16. The Hall–Kier alpha value is -1.64. The zero-order valence-electron chi connectivity index (χ0n) is 12.2. The first-order chi connectivity index (χ1) is 10.0. The molecule has 2 aromatic heterocycles. The predicted molar refractivity (Wildman–Crippen MR) is 78.2 cm³/mol. The van der Waals surface area contributed by atoms with E-state index in [1.165, 1.54) is 12.4 Å². The molecule has 0 fully saturated rings. The first kappa shape index (κ1) is 15.7. The van der Waals surface area contributed by atoms with Crippen molar-refractivity contribution in [3.05, 3.63) is 36.0 Å². The van der Waals surface area contributed by atoms with Crippen molar-refractivity contribution in [1.82, 2.24) is 19.8 Å². The van der Waals surface area contributed by atoms with Crippen LogP contribution in [0.25, 0.3) is 0 Å². The quantitative estimate of drug-likeness (QED) is 0.706. The van der Waals surface area contributed by atoms with Crippen molar-refractivity contribution < 1.29 is 12.8 Å². The van der Waals surface area contributed by atoms with E-state index >= 15 is 0 Å². The number of aromatic nitrogens is 2. The second-order valence-electron chi connectivity index (χ2n) is 4.73. The van der Waals surface area contributed by atoms with Crippen LogP contribution in [0.4, 0.5) is 0 Å². The van der Waals surface area contributed by atoms with Gasteiger partial charge in [-0.15, -0.1) is 0 Å². The summed E-state index contributed by atoms with van der Waals surface area (Å²) in [4.78, 5) is 0.162. The standard InChI is InChI=1S/C13H20N4O3S/c1-11-4-5-12(20-11)8-16-21(18,19)13-9-15-17(10-13)7-3-6-14-2/h4-5,9-10,14,16H,3,6-8H2,1-2H3. The van der Waals surface area contributed by atoms with Crippen molar-refractivity contribution in [3.63, 3.8) is 0 Å². The minimum absolute atomic E-state index is 0.126. The molecule has 2 heterocycles. The highest BCUT2D eigenvalue weighted by atomic mass is 32.2. The summed E-state index contributed by atoms with van der Waals surface area (Å²) in [6, 6.07) is 3.54. The number of hydrogen-bond donors (Lipinski definition) is 2. The van der Waals surface area contributed by atoms with E-state index in [0.717, 1.165) is 18.7 Å². The molecule has 0 bridgehead atoms. The first-order valence-corrected chi connectivity index (χ1v) is 8.21. The fourth-order valence-electron chi connectivity index (χ4n) is 1.85. The Bertz CT molecular complexity index is 675. The van der Waals surface area contributed by atoms with Gasteiger partial charge in [0.2, 0.25) is 10.0 Å². The van der Waals surface area contributed by atoms with Crippen molar-refractivity contribution in [2.75, 3.05) is 13.6 Å². The second kappa shape index (κ2) is 6.88. The van der Waals surface area contributed by atoms with Gasteiger partial charge in [-0.2, -0.15) is 5.10 Å². The van der Waals surface area contributed by atoms with Gasteiger partial charge in [-0.25, -0.2) is 13.1 Å². The molecule has 2 rings (SSSR count). The maximum Gasteiger partial charge on any atom is 0.244 e. The van der Waals surface area contributed by atoms with Crippen molar-refractivity contribution in [2.24, 2.45) is 0 Å². The van der Waals surface area contributed by atoms with E-state index in [1.54, 1.807) is 16.8 Å². The molecule has 0 aliphatic carbocycles. The number of rotatable bonds is 8. The number of aryl methyl sites for hydroxylation is 2. The summed E-state index contributed by atoms with van der Waals surface area (Å²) in [5, 5.41) is 7.09. The van der Waals surface area contributed by atoms with Crippen LogP contribution in [0.3, 0.4) is 0 Å². The summed E-state index contributed by atoms with van der Waals surface area (Å²) < 4.78 is 33.7. The molecule has 21 heavy (non-hydrogen) atoms. The summed E-state index contributed by atoms with van der Waals surface area (Å²) in [6.45, 7) is 3.47. The lowest BCUT2D eigenvalue weighted by Crippen LogP contribution is -2.22. The molecule has 2 aromatic rings. The average molecular weight is 312 g/mol. The lowest BCUT2D eigenvalue weighted by atomic mass is 10.4. The first-order valence-electron chi connectivity index (χ1n) is 6.73. The fourth-order valence-corrected chi connectivity index (χ4v) is 2.80. The van der Waals surface area contributed by atoms with Crippen LogP contribution in [0.1, 0.15) is 17.9 Å². The largest absolute Gasteiger partial charge is 0.465 e. The van der Waals surface area contributed by atoms with Crippen LogP contribution in [0.2, 0.25) is 0 Å². The normalized spacial score (nSPS) is 11.9. The van der Waals surface area contributed by atoms with Crippen LogP contribution in [-0.2, 0) is 23.1 Å². The zero-order valence-corrected chi connectivity index (χ0v) is 13.0. The van der Waals surface area contributed by atoms with Crippen LogP contribution in [0, 0.1) is 6.92 Å². The molecule has 0 spiro atoms. The lowest BCUT2D eigenvalue weighted by molar-refractivity contribution is 0.475. The predicted octanol–water partition coefficient (Wildman–Crippen LogP) is 0.873. The third-order valence-electron chi connectivity index (χ3n) is 2.97. The van der Waals surface area contributed by atoms with E-state index in [9.17, 15) is 8.42 Å². The summed E-state index contributed by atoms with van der Waals surface area (Å²) >= 11 is 0. The molecule has 116 valence electrons. The average Bonchev–Trinajstić information content (AvgIpc) is 3.06. The van der Waals surface area contributed by atoms with Crippen molar-refractivity contribution in [3.8, 4) is 0 Å². The molecule has 0 aromatic carbocycles. The third kappa shape index (κ3) is 4.42. The van der Waals surface area contributed by atoms with Gasteiger partial charge in [0.05, 0.1) is 12.7 Å². The minimum Gasteiger partial charge on any atom is -0.465 e. The van der Waals surface area contributed by atoms with Crippen LogP contribution in [0.5, 0.6) is 0 Å². The Morgan fingerprint density at radius 1 is 1.38 bits per heavy atom. The number of hydrogen-bond acceptors (Lipinski definition) is 5. The molecule has 0 aliphatic rings. The lowest BCUT2D eigenvalue weighted by Gasteiger charge is -2.03. The zero-order chi connectivity index (χ0) is 15.3. The van der Waals surface area contributed by atoms with Crippen LogP contribution >= 0.6 is 0 Å². The summed E-state index contributed by atoms with van der Waals surface area (Å²) in [5.41, 5.74) is 0. The van der Waals surface area contributed by atoms with Crippen LogP contribution in [-0.4, -0.2) is 31.8 Å². The topological polar surface area (TPSA) is 89.2 Å². The van der Waals surface area contributed by atoms with E-state index in [-0.39, 0.29) is 11.4 Å². The van der Waals surface area contributed by atoms with Gasteiger partial charge >= 0.3 is 0 Å². The van der Waals surface area contributed by atoms with Crippen molar-refractivity contribution in [1.29, 1.82) is 0 Å². The molecule has 2 N–H and O–H groups in total. The molecule has 7 nitrogen and oxygen atoms in total. The molecule has 0 unspecified atom stereocenters. The van der Waals surface area contributed by atoms with E-state index in [1.807, 2.05) is 14.0 Å². The Morgan fingerprint density at radius 2 is 2.19 bits per heavy atom. The highest BCUT2D eigenvalue weighted by molar-refractivity contribution is 7.89. The molecule has 0 aliphatic heterocycles.